The highest BCUT2D eigenvalue weighted by Gasteiger charge is 2.20. The van der Waals surface area contributed by atoms with Crippen LogP contribution in [0.3, 0.4) is 0 Å². The van der Waals surface area contributed by atoms with E-state index in [-0.39, 0.29) is 0 Å². The summed E-state index contributed by atoms with van der Waals surface area (Å²) < 4.78 is 0. The van der Waals surface area contributed by atoms with E-state index in [1.807, 2.05) is 12.1 Å². The van der Waals surface area contributed by atoms with Crippen molar-refractivity contribution in [3.63, 3.8) is 0 Å². The standard InChI is InChI=1S/C9H13N3/c10-6-9-5-8(3-4-11-9)12-7-1-2-7/h3-5,7H,1-2,6,10H2,(H,11,12). The molecule has 0 saturated heterocycles. The van der Waals surface area contributed by atoms with Crippen LogP contribution in [0.25, 0.3) is 0 Å². The lowest BCUT2D eigenvalue weighted by molar-refractivity contribution is 0.987. The van der Waals surface area contributed by atoms with E-state index in [0.29, 0.717) is 12.6 Å². The van der Waals surface area contributed by atoms with Gasteiger partial charge >= 0.3 is 0 Å². The Kier molecular flexibility index (Phi) is 1.96. The molecule has 1 aromatic rings. The van der Waals surface area contributed by atoms with Gasteiger partial charge in [0.25, 0.3) is 0 Å². The smallest absolute Gasteiger partial charge is 0.0559 e. The van der Waals surface area contributed by atoms with E-state index >= 15 is 0 Å². The topological polar surface area (TPSA) is 50.9 Å². The number of aromatic nitrogens is 1. The molecule has 0 unspecified atom stereocenters. The number of rotatable bonds is 3. The largest absolute Gasteiger partial charge is 0.382 e. The second kappa shape index (κ2) is 3.11. The molecule has 1 fully saturated rings. The van der Waals surface area contributed by atoms with Crippen LogP contribution in [0.2, 0.25) is 0 Å². The lowest BCUT2D eigenvalue weighted by Crippen LogP contribution is -2.04. The first-order valence-corrected chi connectivity index (χ1v) is 4.30. The zero-order chi connectivity index (χ0) is 8.39. The molecule has 3 heteroatoms. The van der Waals surface area contributed by atoms with E-state index in [1.165, 1.54) is 12.8 Å². The van der Waals surface area contributed by atoms with Crippen molar-refractivity contribution in [3.8, 4) is 0 Å². The van der Waals surface area contributed by atoms with Gasteiger partial charge in [-0.2, -0.15) is 0 Å². The Bertz CT molecular complexity index is 268. The van der Waals surface area contributed by atoms with Gasteiger partial charge in [-0.1, -0.05) is 0 Å². The normalized spacial score (nSPS) is 16.1. The fraction of sp³-hybridized carbons (Fsp3) is 0.444. The first kappa shape index (κ1) is 7.55. The molecular weight excluding hydrogens is 150 g/mol. The van der Waals surface area contributed by atoms with Gasteiger partial charge in [-0.15, -0.1) is 0 Å². The molecule has 0 aromatic carbocycles. The Balaban J connectivity index is 2.08. The fourth-order valence-corrected chi connectivity index (χ4v) is 1.14. The number of nitrogens with two attached hydrogens (primary N) is 1. The summed E-state index contributed by atoms with van der Waals surface area (Å²) in [7, 11) is 0. The maximum Gasteiger partial charge on any atom is 0.0559 e. The summed E-state index contributed by atoms with van der Waals surface area (Å²) in [6, 6.07) is 4.69. The van der Waals surface area contributed by atoms with Gasteiger partial charge < -0.3 is 11.1 Å². The summed E-state index contributed by atoms with van der Waals surface area (Å²) in [6.45, 7) is 0.514. The number of nitrogens with zero attached hydrogens (tertiary/aromatic N) is 1. The summed E-state index contributed by atoms with van der Waals surface area (Å²) in [5.41, 5.74) is 7.57. The predicted octanol–water partition coefficient (Wildman–Crippen LogP) is 1.11. The van der Waals surface area contributed by atoms with Crippen molar-refractivity contribution < 1.29 is 0 Å². The number of pyridine rings is 1. The molecule has 0 atom stereocenters. The van der Waals surface area contributed by atoms with Crippen molar-refractivity contribution in [2.24, 2.45) is 5.73 Å². The summed E-state index contributed by atoms with van der Waals surface area (Å²) in [4.78, 5) is 4.12. The fourth-order valence-electron chi connectivity index (χ4n) is 1.14. The molecule has 0 spiro atoms. The van der Waals surface area contributed by atoms with E-state index in [1.54, 1.807) is 6.20 Å². The van der Waals surface area contributed by atoms with Gasteiger partial charge in [0.1, 0.15) is 0 Å². The molecule has 1 aliphatic rings. The van der Waals surface area contributed by atoms with Crippen molar-refractivity contribution in [3.05, 3.63) is 24.0 Å². The molecule has 3 N–H and O–H groups in total. The summed E-state index contributed by atoms with van der Waals surface area (Å²) in [5.74, 6) is 0. The molecule has 0 radical (unpaired) electrons. The molecule has 0 aliphatic heterocycles. The summed E-state index contributed by atoms with van der Waals surface area (Å²) in [5, 5.41) is 3.40. The molecule has 1 heterocycles. The summed E-state index contributed by atoms with van der Waals surface area (Å²) in [6.07, 6.45) is 4.38. The second-order valence-corrected chi connectivity index (χ2v) is 3.16. The Morgan fingerprint density at radius 3 is 3.08 bits per heavy atom. The zero-order valence-corrected chi connectivity index (χ0v) is 6.96. The van der Waals surface area contributed by atoms with Crippen LogP contribution in [0, 0.1) is 0 Å². The van der Waals surface area contributed by atoms with Crippen molar-refractivity contribution in [1.82, 2.24) is 4.98 Å². The molecule has 3 nitrogen and oxygen atoms in total. The van der Waals surface area contributed by atoms with Gasteiger partial charge in [-0.3, -0.25) is 4.98 Å². The SMILES string of the molecule is NCc1cc(NC2CC2)ccn1. The van der Waals surface area contributed by atoms with E-state index in [2.05, 4.69) is 10.3 Å². The molecule has 0 amide bonds. The van der Waals surface area contributed by atoms with E-state index in [4.69, 9.17) is 5.73 Å². The van der Waals surface area contributed by atoms with Crippen LogP contribution in [0.4, 0.5) is 5.69 Å². The Morgan fingerprint density at radius 2 is 2.42 bits per heavy atom. The van der Waals surface area contributed by atoms with Crippen molar-refractivity contribution in [2.45, 2.75) is 25.4 Å². The van der Waals surface area contributed by atoms with Gasteiger partial charge in [0.05, 0.1) is 5.69 Å². The quantitative estimate of drug-likeness (QED) is 0.702. The average Bonchev–Trinajstić information content (AvgIpc) is 2.89. The zero-order valence-electron chi connectivity index (χ0n) is 6.96. The van der Waals surface area contributed by atoms with Crippen molar-refractivity contribution in [1.29, 1.82) is 0 Å². The maximum absolute atomic E-state index is 5.47. The second-order valence-electron chi connectivity index (χ2n) is 3.16. The number of anilines is 1. The first-order chi connectivity index (χ1) is 5.88. The van der Waals surface area contributed by atoms with Crippen LogP contribution >= 0.6 is 0 Å². The minimum absolute atomic E-state index is 0.514. The average molecular weight is 163 g/mol. The van der Waals surface area contributed by atoms with Crippen LogP contribution in [0.15, 0.2) is 18.3 Å². The summed E-state index contributed by atoms with van der Waals surface area (Å²) >= 11 is 0. The molecule has 1 aromatic heterocycles. The van der Waals surface area contributed by atoms with Crippen molar-refractivity contribution in [2.75, 3.05) is 5.32 Å². The van der Waals surface area contributed by atoms with Crippen LogP contribution in [-0.2, 0) is 6.54 Å². The minimum Gasteiger partial charge on any atom is -0.382 e. The molecule has 0 bridgehead atoms. The van der Waals surface area contributed by atoms with Gasteiger partial charge in [-0.05, 0) is 25.0 Å². The van der Waals surface area contributed by atoms with Gasteiger partial charge in [-0.25, -0.2) is 0 Å². The molecular formula is C9H13N3. The van der Waals surface area contributed by atoms with E-state index in [9.17, 15) is 0 Å². The Hall–Kier alpha value is -1.09. The minimum atomic E-state index is 0.514. The molecule has 1 aliphatic carbocycles. The predicted molar refractivity (Wildman–Crippen MR) is 48.8 cm³/mol. The highest BCUT2D eigenvalue weighted by Crippen LogP contribution is 2.24. The lowest BCUT2D eigenvalue weighted by atomic mass is 10.3. The highest BCUT2D eigenvalue weighted by molar-refractivity contribution is 5.45. The van der Waals surface area contributed by atoms with Gasteiger partial charge in [0, 0.05) is 24.5 Å². The van der Waals surface area contributed by atoms with Crippen LogP contribution < -0.4 is 11.1 Å². The van der Waals surface area contributed by atoms with Gasteiger partial charge in [0.2, 0.25) is 0 Å². The van der Waals surface area contributed by atoms with Gasteiger partial charge in [0.15, 0.2) is 0 Å². The van der Waals surface area contributed by atoms with E-state index < -0.39 is 0 Å². The van der Waals surface area contributed by atoms with E-state index in [0.717, 1.165) is 11.4 Å². The third-order valence-corrected chi connectivity index (χ3v) is 1.97. The third kappa shape index (κ3) is 1.74. The molecule has 1 saturated carbocycles. The third-order valence-electron chi connectivity index (χ3n) is 1.97. The monoisotopic (exact) mass is 163 g/mol. The molecule has 12 heavy (non-hydrogen) atoms. The lowest BCUT2D eigenvalue weighted by Gasteiger charge is -2.04. The Labute approximate surface area is 72.0 Å². The Morgan fingerprint density at radius 1 is 1.58 bits per heavy atom. The number of hydrogen-bond acceptors (Lipinski definition) is 3. The highest BCUT2D eigenvalue weighted by atomic mass is 15.0. The maximum atomic E-state index is 5.47. The van der Waals surface area contributed by atoms with Crippen LogP contribution in [-0.4, -0.2) is 11.0 Å². The molecule has 64 valence electrons. The molecule has 2 rings (SSSR count). The first-order valence-electron chi connectivity index (χ1n) is 4.30. The number of nitrogens with one attached hydrogen (secondary N) is 1. The van der Waals surface area contributed by atoms with Crippen molar-refractivity contribution >= 4 is 5.69 Å². The number of hydrogen-bond donors (Lipinski definition) is 2. The van der Waals surface area contributed by atoms with Crippen LogP contribution in [0.1, 0.15) is 18.5 Å². The van der Waals surface area contributed by atoms with Crippen LogP contribution in [0.5, 0.6) is 0 Å².